The number of nitrogens with one attached hydrogen (secondary N) is 1. The fourth-order valence-electron chi connectivity index (χ4n) is 3.74. The van der Waals surface area contributed by atoms with Crippen LogP contribution in [0.1, 0.15) is 32.7 Å². The molecule has 0 fully saturated rings. The first-order valence-corrected chi connectivity index (χ1v) is 10.4. The Hall–Kier alpha value is -4.06. The Morgan fingerprint density at radius 3 is 2.41 bits per heavy atom. The van der Waals surface area contributed by atoms with Gasteiger partial charge in [-0.25, -0.2) is 0 Å². The zero-order valence-electron chi connectivity index (χ0n) is 18.3. The summed E-state index contributed by atoms with van der Waals surface area (Å²) in [5, 5.41) is 2.94. The molecule has 0 bridgehead atoms. The number of carbonyl (C=O) groups is 1. The average molecular weight is 425 g/mol. The van der Waals surface area contributed by atoms with Crippen molar-refractivity contribution in [2.24, 2.45) is 0 Å². The van der Waals surface area contributed by atoms with Crippen molar-refractivity contribution in [1.29, 1.82) is 0 Å². The summed E-state index contributed by atoms with van der Waals surface area (Å²) in [6, 6.07) is 14.7. The number of anilines is 1. The first-order valence-electron chi connectivity index (χ1n) is 10.4. The highest BCUT2D eigenvalue weighted by atomic mass is 16.2. The van der Waals surface area contributed by atoms with Gasteiger partial charge in [-0.1, -0.05) is 18.2 Å². The maximum absolute atomic E-state index is 13.5. The first kappa shape index (κ1) is 21.2. The van der Waals surface area contributed by atoms with Gasteiger partial charge in [0, 0.05) is 54.3 Å². The maximum Gasteiger partial charge on any atom is 0.261 e. The molecule has 0 saturated heterocycles. The smallest absolute Gasteiger partial charge is 0.261 e. The van der Waals surface area contributed by atoms with Gasteiger partial charge in [0.15, 0.2) is 5.43 Å². The van der Waals surface area contributed by atoms with Crippen LogP contribution in [-0.2, 0) is 6.54 Å². The third-order valence-corrected chi connectivity index (χ3v) is 5.60. The van der Waals surface area contributed by atoms with Crippen LogP contribution < -0.4 is 10.7 Å². The predicted octanol–water partition coefficient (Wildman–Crippen LogP) is 4.53. The van der Waals surface area contributed by atoms with Crippen LogP contribution in [0.4, 0.5) is 5.69 Å². The van der Waals surface area contributed by atoms with E-state index >= 15 is 0 Å². The second kappa shape index (κ2) is 8.98. The highest BCUT2D eigenvalue weighted by molar-refractivity contribution is 6.08. The number of nitrogens with zero attached hydrogens (tertiary/aromatic N) is 3. The lowest BCUT2D eigenvalue weighted by Gasteiger charge is -2.20. The normalized spacial score (nSPS) is 10.7. The SMILES string of the molecule is Cc1cccc(NC(=O)c2c(-c3cccnc3)n(Cc3cccnc3)c(C)cc2=O)c1C. The van der Waals surface area contributed by atoms with E-state index in [0.29, 0.717) is 23.5 Å². The lowest BCUT2D eigenvalue weighted by molar-refractivity contribution is 0.102. The van der Waals surface area contributed by atoms with Gasteiger partial charge in [0.25, 0.3) is 5.91 Å². The van der Waals surface area contributed by atoms with Crippen LogP contribution in [-0.4, -0.2) is 20.4 Å². The van der Waals surface area contributed by atoms with Gasteiger partial charge in [-0.15, -0.1) is 0 Å². The Kier molecular flexibility index (Phi) is 5.94. The van der Waals surface area contributed by atoms with Crippen LogP contribution in [0.5, 0.6) is 0 Å². The average Bonchev–Trinajstić information content (AvgIpc) is 2.79. The summed E-state index contributed by atoms with van der Waals surface area (Å²) in [5.41, 5.74) is 5.43. The number of hydrogen-bond donors (Lipinski definition) is 1. The van der Waals surface area contributed by atoms with Gasteiger partial charge >= 0.3 is 0 Å². The standard InChI is InChI=1S/C26H24N4O2/c1-17-7-4-10-22(19(17)3)29-26(32)24-23(31)13-18(2)30(16-20-8-5-11-27-14-20)25(24)21-9-6-12-28-15-21/h4-15H,16H2,1-3H3,(H,29,32). The molecular weight excluding hydrogens is 400 g/mol. The fourth-order valence-corrected chi connectivity index (χ4v) is 3.74. The number of carbonyl (C=O) groups excluding carboxylic acids is 1. The number of amides is 1. The molecule has 3 aromatic heterocycles. The number of rotatable bonds is 5. The van der Waals surface area contributed by atoms with E-state index in [1.54, 1.807) is 30.9 Å². The maximum atomic E-state index is 13.5. The zero-order chi connectivity index (χ0) is 22.7. The Labute approximate surface area is 186 Å². The molecule has 3 heterocycles. The van der Waals surface area contributed by atoms with E-state index in [1.165, 1.54) is 6.07 Å². The highest BCUT2D eigenvalue weighted by Crippen LogP contribution is 2.26. The van der Waals surface area contributed by atoms with Crippen molar-refractivity contribution < 1.29 is 4.79 Å². The van der Waals surface area contributed by atoms with Crippen molar-refractivity contribution >= 4 is 11.6 Å². The van der Waals surface area contributed by atoms with Crippen LogP contribution in [0.2, 0.25) is 0 Å². The lowest BCUT2D eigenvalue weighted by Crippen LogP contribution is -2.27. The molecule has 160 valence electrons. The highest BCUT2D eigenvalue weighted by Gasteiger charge is 2.22. The van der Waals surface area contributed by atoms with Crippen molar-refractivity contribution in [2.45, 2.75) is 27.3 Å². The molecule has 4 rings (SSSR count). The van der Waals surface area contributed by atoms with E-state index in [2.05, 4.69) is 15.3 Å². The Balaban J connectivity index is 1.89. The van der Waals surface area contributed by atoms with Crippen LogP contribution in [0.25, 0.3) is 11.3 Å². The van der Waals surface area contributed by atoms with Gasteiger partial charge in [0.2, 0.25) is 0 Å². The Morgan fingerprint density at radius 2 is 1.72 bits per heavy atom. The summed E-state index contributed by atoms with van der Waals surface area (Å²) in [5.74, 6) is -0.442. The minimum absolute atomic E-state index is 0.0911. The zero-order valence-corrected chi connectivity index (χ0v) is 18.3. The molecule has 0 unspecified atom stereocenters. The van der Waals surface area contributed by atoms with E-state index in [-0.39, 0.29) is 11.0 Å². The van der Waals surface area contributed by atoms with E-state index in [9.17, 15) is 9.59 Å². The molecule has 0 atom stereocenters. The van der Waals surface area contributed by atoms with Gasteiger partial charge in [0.1, 0.15) is 5.56 Å². The molecule has 0 aliphatic rings. The van der Waals surface area contributed by atoms with Crippen LogP contribution in [0.15, 0.2) is 78.1 Å². The lowest BCUT2D eigenvalue weighted by atomic mass is 10.0. The molecule has 1 amide bonds. The van der Waals surface area contributed by atoms with Gasteiger partial charge < -0.3 is 9.88 Å². The van der Waals surface area contributed by atoms with E-state index in [0.717, 1.165) is 22.4 Å². The molecule has 32 heavy (non-hydrogen) atoms. The molecule has 0 saturated carbocycles. The Morgan fingerprint density at radius 1 is 0.969 bits per heavy atom. The third-order valence-electron chi connectivity index (χ3n) is 5.60. The van der Waals surface area contributed by atoms with Crippen LogP contribution in [0, 0.1) is 20.8 Å². The second-order valence-electron chi connectivity index (χ2n) is 7.76. The molecule has 6 nitrogen and oxygen atoms in total. The molecular formula is C26H24N4O2. The van der Waals surface area contributed by atoms with Crippen molar-refractivity contribution in [2.75, 3.05) is 5.32 Å². The largest absolute Gasteiger partial charge is 0.339 e. The second-order valence-corrected chi connectivity index (χ2v) is 7.76. The molecule has 4 aromatic rings. The molecule has 0 spiro atoms. The third kappa shape index (κ3) is 4.21. The van der Waals surface area contributed by atoms with Crippen molar-refractivity contribution in [1.82, 2.24) is 14.5 Å². The number of aromatic nitrogens is 3. The first-order chi connectivity index (χ1) is 15.5. The summed E-state index contributed by atoms with van der Waals surface area (Å²) in [6.07, 6.45) is 6.83. The quantitative estimate of drug-likeness (QED) is 0.511. The number of hydrogen-bond acceptors (Lipinski definition) is 4. The van der Waals surface area contributed by atoms with Gasteiger partial charge in [-0.05, 0) is 61.7 Å². The summed E-state index contributed by atoms with van der Waals surface area (Å²) in [7, 11) is 0. The minimum atomic E-state index is -0.442. The van der Waals surface area contributed by atoms with Crippen molar-refractivity contribution in [3.63, 3.8) is 0 Å². The van der Waals surface area contributed by atoms with E-state index < -0.39 is 5.91 Å². The Bertz CT molecular complexity index is 1330. The van der Waals surface area contributed by atoms with Gasteiger partial charge in [0.05, 0.1) is 5.69 Å². The number of benzene rings is 1. The van der Waals surface area contributed by atoms with Gasteiger partial charge in [-0.3, -0.25) is 19.6 Å². The minimum Gasteiger partial charge on any atom is -0.339 e. The monoisotopic (exact) mass is 424 g/mol. The summed E-state index contributed by atoms with van der Waals surface area (Å²) < 4.78 is 1.97. The molecule has 0 radical (unpaired) electrons. The van der Waals surface area contributed by atoms with Crippen LogP contribution >= 0.6 is 0 Å². The van der Waals surface area contributed by atoms with Gasteiger partial charge in [-0.2, -0.15) is 0 Å². The van der Waals surface area contributed by atoms with E-state index in [4.69, 9.17) is 0 Å². The molecule has 1 N–H and O–H groups in total. The van der Waals surface area contributed by atoms with Crippen molar-refractivity contribution in [3.05, 3.63) is 111 Å². The molecule has 6 heteroatoms. The summed E-state index contributed by atoms with van der Waals surface area (Å²) in [6.45, 7) is 6.26. The van der Waals surface area contributed by atoms with E-state index in [1.807, 2.05) is 61.7 Å². The molecule has 0 aliphatic heterocycles. The number of pyridine rings is 3. The molecule has 1 aromatic carbocycles. The van der Waals surface area contributed by atoms with Crippen molar-refractivity contribution in [3.8, 4) is 11.3 Å². The number of aryl methyl sites for hydroxylation is 2. The van der Waals surface area contributed by atoms with Crippen LogP contribution in [0.3, 0.4) is 0 Å². The summed E-state index contributed by atoms with van der Waals surface area (Å²) in [4.78, 5) is 35.0. The summed E-state index contributed by atoms with van der Waals surface area (Å²) >= 11 is 0. The fraction of sp³-hybridized carbons (Fsp3) is 0.154. The predicted molar refractivity (Wildman–Crippen MR) is 126 cm³/mol. The topological polar surface area (TPSA) is 76.9 Å². The molecule has 0 aliphatic carbocycles.